The number of carbonyl (C=O) groups excluding carboxylic acids is 2. The van der Waals surface area contributed by atoms with Gasteiger partial charge >= 0.3 is 6.03 Å². The van der Waals surface area contributed by atoms with Crippen LogP contribution < -0.4 is 0 Å². The Bertz CT molecular complexity index is 498. The van der Waals surface area contributed by atoms with Gasteiger partial charge in [-0.2, -0.15) is 0 Å². The van der Waals surface area contributed by atoms with Crippen LogP contribution in [0.2, 0.25) is 0 Å². The van der Waals surface area contributed by atoms with Crippen LogP contribution in [0, 0.1) is 0 Å². The lowest BCUT2D eigenvalue weighted by Gasteiger charge is -2.39. The molecule has 0 unspecified atom stereocenters. The molecule has 0 saturated carbocycles. The fraction of sp³-hybridized carbons (Fsp3) is 0.625. The summed E-state index contributed by atoms with van der Waals surface area (Å²) in [6.07, 6.45) is 1.69. The Hall–Kier alpha value is -1.82. The van der Waals surface area contributed by atoms with Crippen molar-refractivity contribution < 1.29 is 18.7 Å². The highest BCUT2D eigenvalue weighted by atomic mass is 16.5. The number of ketones is 1. The van der Waals surface area contributed by atoms with E-state index in [2.05, 4.69) is 0 Å². The van der Waals surface area contributed by atoms with Crippen molar-refractivity contribution in [1.82, 2.24) is 9.80 Å². The number of morpholine rings is 1. The van der Waals surface area contributed by atoms with E-state index in [1.54, 1.807) is 21.9 Å². The van der Waals surface area contributed by atoms with Gasteiger partial charge < -0.3 is 19.0 Å². The fourth-order valence-corrected chi connectivity index (χ4v) is 2.71. The molecule has 2 amide bonds. The first-order valence-electron chi connectivity index (χ1n) is 7.76. The molecule has 1 fully saturated rings. The van der Waals surface area contributed by atoms with Crippen LogP contribution in [-0.4, -0.2) is 60.0 Å². The smallest absolute Gasteiger partial charge is 0.320 e. The lowest BCUT2D eigenvalue weighted by Crippen LogP contribution is -2.55. The van der Waals surface area contributed by atoms with Crippen LogP contribution in [-0.2, 0) is 4.74 Å². The molecule has 2 heterocycles. The zero-order chi connectivity index (χ0) is 16.1. The van der Waals surface area contributed by atoms with Crippen molar-refractivity contribution >= 4 is 11.8 Å². The van der Waals surface area contributed by atoms with E-state index in [1.165, 1.54) is 6.26 Å². The topological polar surface area (TPSA) is 63.0 Å². The van der Waals surface area contributed by atoms with E-state index in [0.29, 0.717) is 32.1 Å². The molecule has 1 aliphatic heterocycles. The van der Waals surface area contributed by atoms with Gasteiger partial charge in [0.15, 0.2) is 11.5 Å². The Morgan fingerprint density at radius 1 is 1.45 bits per heavy atom. The zero-order valence-corrected chi connectivity index (χ0v) is 13.4. The molecule has 122 valence electrons. The predicted molar refractivity (Wildman–Crippen MR) is 81.9 cm³/mol. The van der Waals surface area contributed by atoms with Crippen molar-refractivity contribution in [3.63, 3.8) is 0 Å². The summed E-state index contributed by atoms with van der Waals surface area (Å²) in [4.78, 5) is 28.5. The number of hydrogen-bond donors (Lipinski definition) is 0. The van der Waals surface area contributed by atoms with Crippen LogP contribution >= 0.6 is 0 Å². The molecule has 6 heteroatoms. The van der Waals surface area contributed by atoms with Crippen molar-refractivity contribution in [3.05, 3.63) is 24.2 Å². The van der Waals surface area contributed by atoms with Crippen LogP contribution in [0.25, 0.3) is 0 Å². The quantitative estimate of drug-likeness (QED) is 0.784. The molecule has 22 heavy (non-hydrogen) atoms. The highest BCUT2D eigenvalue weighted by Crippen LogP contribution is 2.17. The molecular weight excluding hydrogens is 284 g/mol. The molecule has 1 aliphatic rings. The van der Waals surface area contributed by atoms with Gasteiger partial charge in [0, 0.05) is 25.6 Å². The second-order valence-electron chi connectivity index (χ2n) is 5.69. The van der Waals surface area contributed by atoms with Crippen molar-refractivity contribution in [3.8, 4) is 0 Å². The minimum absolute atomic E-state index is 0.0296. The molecule has 0 N–H and O–H groups in total. The zero-order valence-electron chi connectivity index (χ0n) is 13.4. The van der Waals surface area contributed by atoms with Crippen LogP contribution in [0.4, 0.5) is 4.79 Å². The van der Waals surface area contributed by atoms with Crippen LogP contribution in [0.3, 0.4) is 0 Å². The summed E-state index contributed by atoms with van der Waals surface area (Å²) in [5.41, 5.74) is 0. The SMILES string of the molecule is CCN(C(=O)N1CCOC[C@H]1CC(=O)c1ccco1)C(C)C. The molecule has 1 saturated heterocycles. The summed E-state index contributed by atoms with van der Waals surface area (Å²) in [5.74, 6) is 0.222. The van der Waals surface area contributed by atoms with Gasteiger partial charge in [0.1, 0.15) is 0 Å². The molecule has 1 atom stereocenters. The monoisotopic (exact) mass is 308 g/mol. The average molecular weight is 308 g/mol. The first-order chi connectivity index (χ1) is 10.5. The third kappa shape index (κ3) is 3.68. The number of furan rings is 1. The van der Waals surface area contributed by atoms with E-state index >= 15 is 0 Å². The maximum Gasteiger partial charge on any atom is 0.320 e. The molecule has 0 spiro atoms. The number of rotatable bonds is 5. The van der Waals surface area contributed by atoms with E-state index < -0.39 is 0 Å². The van der Waals surface area contributed by atoms with E-state index in [0.717, 1.165) is 0 Å². The lowest BCUT2D eigenvalue weighted by molar-refractivity contribution is 0.000775. The minimum Gasteiger partial charge on any atom is -0.461 e. The summed E-state index contributed by atoms with van der Waals surface area (Å²) in [6.45, 7) is 7.99. The number of Topliss-reactive ketones (excluding diaryl/α,β-unsaturated/α-hetero) is 1. The van der Waals surface area contributed by atoms with E-state index in [1.807, 2.05) is 20.8 Å². The maximum absolute atomic E-state index is 12.7. The highest BCUT2D eigenvalue weighted by molar-refractivity contribution is 5.94. The van der Waals surface area contributed by atoms with E-state index in [-0.39, 0.29) is 30.3 Å². The summed E-state index contributed by atoms with van der Waals surface area (Å²) in [7, 11) is 0. The third-order valence-corrected chi connectivity index (χ3v) is 3.90. The van der Waals surface area contributed by atoms with Crippen LogP contribution in [0.1, 0.15) is 37.7 Å². The third-order valence-electron chi connectivity index (χ3n) is 3.90. The van der Waals surface area contributed by atoms with Crippen LogP contribution in [0.15, 0.2) is 22.8 Å². The second-order valence-corrected chi connectivity index (χ2v) is 5.69. The number of hydrogen-bond acceptors (Lipinski definition) is 4. The van der Waals surface area contributed by atoms with Crippen LogP contribution in [0.5, 0.6) is 0 Å². The Morgan fingerprint density at radius 2 is 2.23 bits per heavy atom. The van der Waals surface area contributed by atoms with Gasteiger partial charge in [-0.1, -0.05) is 0 Å². The van der Waals surface area contributed by atoms with Gasteiger partial charge in [-0.3, -0.25) is 4.79 Å². The molecule has 0 bridgehead atoms. The van der Waals surface area contributed by atoms with Crippen molar-refractivity contribution in [2.45, 2.75) is 39.3 Å². The Labute approximate surface area is 131 Å². The van der Waals surface area contributed by atoms with Gasteiger partial charge in [-0.05, 0) is 32.9 Å². The molecule has 6 nitrogen and oxygen atoms in total. The first kappa shape index (κ1) is 16.5. The Kier molecular flexibility index (Phi) is 5.60. The lowest BCUT2D eigenvalue weighted by atomic mass is 10.1. The standard InChI is InChI=1S/C16H24N2O4/c1-4-17(12(2)3)16(20)18-7-9-21-11-13(18)10-14(19)15-6-5-8-22-15/h5-6,8,12-13H,4,7,9-11H2,1-3H3/t13-/m1/s1. The molecule has 1 aromatic rings. The predicted octanol–water partition coefficient (Wildman–Crippen LogP) is 2.40. The Balaban J connectivity index is 2.07. The summed E-state index contributed by atoms with van der Waals surface area (Å²) >= 11 is 0. The maximum atomic E-state index is 12.7. The summed E-state index contributed by atoms with van der Waals surface area (Å²) < 4.78 is 10.6. The highest BCUT2D eigenvalue weighted by Gasteiger charge is 2.32. The summed E-state index contributed by atoms with van der Waals surface area (Å²) in [5, 5.41) is 0. The normalized spacial score (nSPS) is 18.5. The van der Waals surface area contributed by atoms with Crippen molar-refractivity contribution in [1.29, 1.82) is 0 Å². The summed E-state index contributed by atoms with van der Waals surface area (Å²) in [6, 6.07) is 3.18. The molecule has 2 rings (SSSR count). The number of nitrogens with zero attached hydrogens (tertiary/aromatic N) is 2. The van der Waals surface area contributed by atoms with E-state index in [4.69, 9.17) is 9.15 Å². The van der Waals surface area contributed by atoms with Gasteiger partial charge in [0.05, 0.1) is 25.5 Å². The fourth-order valence-electron chi connectivity index (χ4n) is 2.71. The number of amides is 2. The van der Waals surface area contributed by atoms with Gasteiger partial charge in [-0.25, -0.2) is 4.79 Å². The molecular formula is C16H24N2O4. The molecule has 0 aromatic carbocycles. The molecule has 0 radical (unpaired) electrons. The number of ether oxygens (including phenoxy) is 1. The number of urea groups is 1. The Morgan fingerprint density at radius 3 is 2.82 bits per heavy atom. The van der Waals surface area contributed by atoms with Gasteiger partial charge in [0.25, 0.3) is 0 Å². The van der Waals surface area contributed by atoms with Crippen molar-refractivity contribution in [2.24, 2.45) is 0 Å². The molecule has 1 aromatic heterocycles. The second kappa shape index (κ2) is 7.45. The average Bonchev–Trinajstić information content (AvgIpc) is 3.02. The first-order valence-corrected chi connectivity index (χ1v) is 7.76. The van der Waals surface area contributed by atoms with Gasteiger partial charge in [-0.15, -0.1) is 0 Å². The van der Waals surface area contributed by atoms with E-state index in [9.17, 15) is 9.59 Å². The largest absolute Gasteiger partial charge is 0.461 e. The van der Waals surface area contributed by atoms with Gasteiger partial charge in [0.2, 0.25) is 0 Å². The minimum atomic E-state index is -0.244. The van der Waals surface area contributed by atoms with Crippen molar-refractivity contribution in [2.75, 3.05) is 26.3 Å². The molecule has 0 aliphatic carbocycles. The number of carbonyl (C=O) groups is 2.